The van der Waals surface area contributed by atoms with Gasteiger partial charge in [-0.1, -0.05) is 38.1 Å². The molecule has 2 aliphatic rings. The maximum atomic E-state index is 5.94. The van der Waals surface area contributed by atoms with Crippen molar-refractivity contribution in [2.75, 3.05) is 39.6 Å². The van der Waals surface area contributed by atoms with Gasteiger partial charge in [0.2, 0.25) is 0 Å². The van der Waals surface area contributed by atoms with Crippen molar-refractivity contribution in [3.63, 3.8) is 0 Å². The molecule has 1 aromatic rings. The minimum absolute atomic E-state index is 0.250. The van der Waals surface area contributed by atoms with Gasteiger partial charge in [-0.3, -0.25) is 0 Å². The van der Waals surface area contributed by atoms with Gasteiger partial charge in [0.25, 0.3) is 0 Å². The van der Waals surface area contributed by atoms with Gasteiger partial charge in [0.05, 0.1) is 52.9 Å². The zero-order valence-corrected chi connectivity index (χ0v) is 15.0. The monoisotopic (exact) mass is 334 g/mol. The summed E-state index contributed by atoms with van der Waals surface area (Å²) < 4.78 is 22.6. The van der Waals surface area contributed by atoms with Gasteiger partial charge >= 0.3 is 0 Å². The number of benzene rings is 1. The van der Waals surface area contributed by atoms with Crippen LogP contribution in [-0.2, 0) is 32.2 Å². The lowest BCUT2D eigenvalue weighted by atomic mass is 9.84. The molecule has 0 atom stereocenters. The average molecular weight is 334 g/mol. The highest BCUT2D eigenvalue weighted by Crippen LogP contribution is 2.32. The Balaban J connectivity index is 1.42. The van der Waals surface area contributed by atoms with Gasteiger partial charge in [0.15, 0.2) is 0 Å². The van der Waals surface area contributed by atoms with Crippen molar-refractivity contribution in [2.45, 2.75) is 39.9 Å². The molecule has 0 bridgehead atoms. The standard InChI is InChI=1S/C20H30O4/c1-3-19(13-23-14-19)11-21-9-17-6-5-7-18(8-17)10-22-12-20(4-2)15-24-16-20/h5-8H,3-4,9-16H2,1-2H3. The molecule has 0 aliphatic carbocycles. The third kappa shape index (κ3) is 4.17. The molecular weight excluding hydrogens is 304 g/mol. The molecule has 3 rings (SSSR count). The van der Waals surface area contributed by atoms with Crippen LogP contribution in [0.4, 0.5) is 0 Å². The Morgan fingerprint density at radius 1 is 0.833 bits per heavy atom. The SMILES string of the molecule is CCC1(COCc2cccc(COCC3(CC)COC3)c2)COC1. The second kappa shape index (κ2) is 7.96. The molecule has 0 spiro atoms. The fourth-order valence-corrected chi connectivity index (χ4v) is 3.14. The summed E-state index contributed by atoms with van der Waals surface area (Å²) in [5, 5.41) is 0. The zero-order chi connectivity index (χ0) is 16.9. The normalized spacial score (nSPS) is 21.1. The predicted octanol–water partition coefficient (Wildman–Crippen LogP) is 3.57. The van der Waals surface area contributed by atoms with Crippen molar-refractivity contribution in [3.05, 3.63) is 35.4 Å². The molecule has 4 nitrogen and oxygen atoms in total. The van der Waals surface area contributed by atoms with E-state index >= 15 is 0 Å². The number of hydrogen-bond donors (Lipinski definition) is 0. The van der Waals surface area contributed by atoms with Crippen LogP contribution in [0.3, 0.4) is 0 Å². The Morgan fingerprint density at radius 3 is 1.62 bits per heavy atom. The van der Waals surface area contributed by atoms with Gasteiger partial charge in [-0.25, -0.2) is 0 Å². The van der Waals surface area contributed by atoms with E-state index in [-0.39, 0.29) is 10.8 Å². The lowest BCUT2D eigenvalue weighted by molar-refractivity contribution is -0.152. The predicted molar refractivity (Wildman–Crippen MR) is 92.8 cm³/mol. The highest BCUT2D eigenvalue weighted by atomic mass is 16.5. The fourth-order valence-electron chi connectivity index (χ4n) is 3.14. The fraction of sp³-hybridized carbons (Fsp3) is 0.700. The molecule has 0 aromatic heterocycles. The molecule has 134 valence electrons. The van der Waals surface area contributed by atoms with E-state index in [1.807, 2.05) is 0 Å². The largest absolute Gasteiger partial charge is 0.380 e. The van der Waals surface area contributed by atoms with Gasteiger partial charge < -0.3 is 18.9 Å². The van der Waals surface area contributed by atoms with Gasteiger partial charge in [0.1, 0.15) is 0 Å². The van der Waals surface area contributed by atoms with E-state index < -0.39 is 0 Å². The number of rotatable bonds is 10. The third-order valence-corrected chi connectivity index (χ3v) is 5.48. The maximum absolute atomic E-state index is 5.94. The van der Waals surface area contributed by atoms with Crippen molar-refractivity contribution in [1.29, 1.82) is 0 Å². The lowest BCUT2D eigenvalue weighted by Gasteiger charge is -2.40. The van der Waals surface area contributed by atoms with Crippen LogP contribution >= 0.6 is 0 Å². The van der Waals surface area contributed by atoms with Crippen LogP contribution in [0.5, 0.6) is 0 Å². The van der Waals surface area contributed by atoms with E-state index in [1.54, 1.807) is 0 Å². The smallest absolute Gasteiger partial charge is 0.0717 e. The minimum Gasteiger partial charge on any atom is -0.380 e. The highest BCUT2D eigenvalue weighted by Gasteiger charge is 2.37. The van der Waals surface area contributed by atoms with Crippen molar-refractivity contribution in [3.8, 4) is 0 Å². The van der Waals surface area contributed by atoms with Crippen molar-refractivity contribution < 1.29 is 18.9 Å². The summed E-state index contributed by atoms with van der Waals surface area (Å²) in [6, 6.07) is 8.51. The summed E-state index contributed by atoms with van der Waals surface area (Å²) in [5.41, 5.74) is 2.92. The first-order valence-electron chi connectivity index (χ1n) is 9.08. The summed E-state index contributed by atoms with van der Waals surface area (Å²) in [5.74, 6) is 0. The maximum Gasteiger partial charge on any atom is 0.0717 e. The van der Waals surface area contributed by atoms with E-state index in [2.05, 4.69) is 38.1 Å². The second-order valence-corrected chi connectivity index (χ2v) is 7.50. The first-order valence-corrected chi connectivity index (χ1v) is 9.08. The quantitative estimate of drug-likeness (QED) is 0.655. The van der Waals surface area contributed by atoms with Crippen LogP contribution in [0, 0.1) is 10.8 Å². The Morgan fingerprint density at radius 2 is 1.29 bits per heavy atom. The first-order chi connectivity index (χ1) is 11.7. The molecule has 0 N–H and O–H groups in total. The second-order valence-electron chi connectivity index (χ2n) is 7.50. The number of ether oxygens (including phenoxy) is 4. The Kier molecular flexibility index (Phi) is 5.93. The van der Waals surface area contributed by atoms with E-state index in [4.69, 9.17) is 18.9 Å². The van der Waals surface area contributed by atoms with Crippen LogP contribution < -0.4 is 0 Å². The van der Waals surface area contributed by atoms with Crippen LogP contribution in [0.2, 0.25) is 0 Å². The number of hydrogen-bond acceptors (Lipinski definition) is 4. The molecule has 2 heterocycles. The molecule has 2 fully saturated rings. The van der Waals surface area contributed by atoms with Gasteiger partial charge in [-0.15, -0.1) is 0 Å². The Labute approximate surface area is 145 Å². The highest BCUT2D eigenvalue weighted by molar-refractivity contribution is 5.22. The minimum atomic E-state index is 0.250. The molecule has 0 unspecified atom stereocenters. The van der Waals surface area contributed by atoms with Crippen LogP contribution in [0.1, 0.15) is 37.8 Å². The van der Waals surface area contributed by atoms with E-state index in [0.29, 0.717) is 13.2 Å². The Bertz CT molecular complexity index is 466. The molecule has 1 aromatic carbocycles. The van der Waals surface area contributed by atoms with Crippen LogP contribution in [0.25, 0.3) is 0 Å². The summed E-state index contributed by atoms with van der Waals surface area (Å²) in [4.78, 5) is 0. The average Bonchev–Trinajstić information content (AvgIpc) is 2.53. The van der Waals surface area contributed by atoms with Crippen molar-refractivity contribution >= 4 is 0 Å². The molecule has 2 aliphatic heterocycles. The van der Waals surface area contributed by atoms with Gasteiger partial charge in [0, 0.05) is 10.8 Å². The van der Waals surface area contributed by atoms with E-state index in [0.717, 1.165) is 52.5 Å². The van der Waals surface area contributed by atoms with E-state index in [1.165, 1.54) is 11.1 Å². The molecule has 0 amide bonds. The van der Waals surface area contributed by atoms with Crippen molar-refractivity contribution in [1.82, 2.24) is 0 Å². The summed E-state index contributed by atoms with van der Waals surface area (Å²) >= 11 is 0. The molecule has 24 heavy (non-hydrogen) atoms. The topological polar surface area (TPSA) is 36.9 Å². The van der Waals surface area contributed by atoms with Crippen LogP contribution in [-0.4, -0.2) is 39.6 Å². The summed E-state index contributed by atoms with van der Waals surface area (Å²) in [6.45, 7) is 10.6. The van der Waals surface area contributed by atoms with Gasteiger partial charge in [-0.2, -0.15) is 0 Å². The summed E-state index contributed by atoms with van der Waals surface area (Å²) in [7, 11) is 0. The molecule has 2 saturated heterocycles. The molecule has 0 radical (unpaired) electrons. The third-order valence-electron chi connectivity index (χ3n) is 5.48. The Hall–Kier alpha value is -0.940. The van der Waals surface area contributed by atoms with E-state index in [9.17, 15) is 0 Å². The molecule has 4 heteroatoms. The summed E-state index contributed by atoms with van der Waals surface area (Å²) in [6.07, 6.45) is 2.23. The van der Waals surface area contributed by atoms with Gasteiger partial charge in [-0.05, 0) is 24.0 Å². The first kappa shape index (κ1) is 17.9. The molecular formula is C20H30O4. The van der Waals surface area contributed by atoms with Crippen LogP contribution in [0.15, 0.2) is 24.3 Å². The lowest BCUT2D eigenvalue weighted by Crippen LogP contribution is -2.45. The molecule has 0 saturated carbocycles. The zero-order valence-electron chi connectivity index (χ0n) is 15.0. The van der Waals surface area contributed by atoms with Crippen molar-refractivity contribution in [2.24, 2.45) is 10.8 Å².